The van der Waals surface area contributed by atoms with E-state index in [0.717, 1.165) is 11.3 Å². The highest BCUT2D eigenvalue weighted by molar-refractivity contribution is 6.30. The molecule has 0 bridgehead atoms. The maximum atomic E-state index is 13.2. The molecule has 3 heterocycles. The maximum absolute atomic E-state index is 13.2. The van der Waals surface area contributed by atoms with Gasteiger partial charge in [0.25, 0.3) is 5.91 Å². The summed E-state index contributed by atoms with van der Waals surface area (Å²) >= 11 is 6.18. The predicted molar refractivity (Wildman–Crippen MR) is 109 cm³/mol. The molecule has 8 nitrogen and oxygen atoms in total. The number of rotatable bonds is 4. The van der Waals surface area contributed by atoms with Crippen molar-refractivity contribution in [1.82, 2.24) is 15.1 Å². The molecular formula is C21H26ClN3O5. The van der Waals surface area contributed by atoms with Crippen LogP contribution in [0.3, 0.4) is 0 Å². The lowest BCUT2D eigenvalue weighted by Crippen LogP contribution is -2.51. The van der Waals surface area contributed by atoms with Gasteiger partial charge < -0.3 is 19.7 Å². The summed E-state index contributed by atoms with van der Waals surface area (Å²) in [7, 11) is 0. The molecule has 0 aliphatic carbocycles. The van der Waals surface area contributed by atoms with E-state index < -0.39 is 17.7 Å². The van der Waals surface area contributed by atoms with Crippen LogP contribution >= 0.6 is 11.6 Å². The lowest BCUT2D eigenvalue weighted by molar-refractivity contribution is -0.139. The average molecular weight is 436 g/mol. The molecule has 2 saturated heterocycles. The van der Waals surface area contributed by atoms with E-state index in [1.54, 1.807) is 17.0 Å². The molecule has 0 radical (unpaired) electrons. The Labute approximate surface area is 180 Å². The Kier molecular flexibility index (Phi) is 5.88. The van der Waals surface area contributed by atoms with Crippen molar-refractivity contribution in [3.8, 4) is 5.75 Å². The first-order valence-corrected chi connectivity index (χ1v) is 10.7. The van der Waals surface area contributed by atoms with Gasteiger partial charge in [0.2, 0.25) is 5.91 Å². The molecule has 9 heteroatoms. The second-order valence-electron chi connectivity index (χ2n) is 8.10. The normalized spacial score (nSPS) is 23.1. The van der Waals surface area contributed by atoms with Crippen LogP contribution in [0.25, 0.3) is 0 Å². The van der Waals surface area contributed by atoms with Crippen LogP contribution in [-0.4, -0.2) is 65.6 Å². The third-order valence-corrected chi connectivity index (χ3v) is 6.11. The van der Waals surface area contributed by atoms with Gasteiger partial charge in [-0.3, -0.25) is 14.5 Å². The third-order valence-electron chi connectivity index (χ3n) is 5.88. The summed E-state index contributed by atoms with van der Waals surface area (Å²) in [5, 5.41) is 3.21. The van der Waals surface area contributed by atoms with Crippen LogP contribution in [0, 0.1) is 0 Å². The molecule has 162 valence electrons. The van der Waals surface area contributed by atoms with Crippen LogP contribution in [0.15, 0.2) is 18.2 Å². The number of carbonyl (C=O) groups excluding carboxylic acids is 3. The standard InChI is InChI=1S/C21H26ClN3O5/c1-2-7-25-19(27)16(23-20(25)28)11-18(26)24-12-14-10-15(22)3-4-17(14)30-21(13-24)5-8-29-9-6-21/h3-4,10,16H,2,5-9,11-13H2,1H3,(H,23,28). The van der Waals surface area contributed by atoms with Gasteiger partial charge >= 0.3 is 6.03 Å². The molecule has 0 saturated carbocycles. The SMILES string of the molecule is CCCN1C(=O)NC(CC(=O)N2Cc3cc(Cl)ccc3OC3(CCOCC3)C2)C1=O. The van der Waals surface area contributed by atoms with Crippen molar-refractivity contribution < 1.29 is 23.9 Å². The number of amides is 4. The zero-order chi connectivity index (χ0) is 21.3. The summed E-state index contributed by atoms with van der Waals surface area (Å²) in [5.74, 6) is 0.177. The van der Waals surface area contributed by atoms with Gasteiger partial charge in [-0.15, -0.1) is 0 Å². The fourth-order valence-electron chi connectivity index (χ4n) is 4.28. The topological polar surface area (TPSA) is 88.2 Å². The third kappa shape index (κ3) is 4.11. The molecule has 1 aromatic carbocycles. The fourth-order valence-corrected chi connectivity index (χ4v) is 4.47. The van der Waals surface area contributed by atoms with Gasteiger partial charge in [0.05, 0.1) is 26.2 Å². The first-order valence-electron chi connectivity index (χ1n) is 10.4. The number of halogens is 1. The minimum Gasteiger partial charge on any atom is -0.485 e. The largest absolute Gasteiger partial charge is 0.485 e. The highest BCUT2D eigenvalue weighted by Gasteiger charge is 2.43. The lowest BCUT2D eigenvalue weighted by atomic mass is 9.93. The van der Waals surface area contributed by atoms with E-state index >= 15 is 0 Å². The molecule has 3 aliphatic heterocycles. The first kappa shape index (κ1) is 20.9. The van der Waals surface area contributed by atoms with Crippen molar-refractivity contribution in [2.75, 3.05) is 26.3 Å². The van der Waals surface area contributed by atoms with Gasteiger partial charge in [0.1, 0.15) is 17.4 Å². The van der Waals surface area contributed by atoms with E-state index in [1.165, 1.54) is 4.90 Å². The molecule has 4 rings (SSSR count). The van der Waals surface area contributed by atoms with E-state index in [2.05, 4.69) is 5.32 Å². The second-order valence-corrected chi connectivity index (χ2v) is 8.53. The van der Waals surface area contributed by atoms with Crippen LogP contribution in [0.2, 0.25) is 5.02 Å². The van der Waals surface area contributed by atoms with Crippen molar-refractivity contribution >= 4 is 29.4 Å². The minimum atomic E-state index is -0.829. The molecular weight excluding hydrogens is 410 g/mol. The zero-order valence-electron chi connectivity index (χ0n) is 17.0. The number of carbonyl (C=O) groups is 3. The van der Waals surface area contributed by atoms with Gasteiger partial charge in [-0.1, -0.05) is 18.5 Å². The second kappa shape index (κ2) is 8.43. The number of ether oxygens (including phenoxy) is 2. The summed E-state index contributed by atoms with van der Waals surface area (Å²) in [6.07, 6.45) is 1.93. The fraction of sp³-hybridized carbons (Fsp3) is 0.571. The van der Waals surface area contributed by atoms with E-state index in [4.69, 9.17) is 21.1 Å². The number of benzene rings is 1. The van der Waals surface area contributed by atoms with Gasteiger partial charge in [-0.25, -0.2) is 4.79 Å². The van der Waals surface area contributed by atoms with Gasteiger partial charge in [0.15, 0.2) is 0 Å². The van der Waals surface area contributed by atoms with Crippen LogP contribution in [0.1, 0.15) is 38.2 Å². The van der Waals surface area contributed by atoms with Gasteiger partial charge in [-0.05, 0) is 24.6 Å². The van der Waals surface area contributed by atoms with Crippen molar-refractivity contribution in [3.05, 3.63) is 28.8 Å². The summed E-state index contributed by atoms with van der Waals surface area (Å²) < 4.78 is 11.9. The van der Waals surface area contributed by atoms with E-state index in [-0.39, 0.29) is 18.2 Å². The molecule has 1 atom stereocenters. The number of nitrogens with zero attached hydrogens (tertiary/aromatic N) is 2. The number of nitrogens with one attached hydrogen (secondary N) is 1. The van der Waals surface area contributed by atoms with Crippen molar-refractivity contribution in [2.45, 2.75) is 50.8 Å². The Hall–Kier alpha value is -2.32. The van der Waals surface area contributed by atoms with Crippen molar-refractivity contribution in [2.24, 2.45) is 0 Å². The first-order chi connectivity index (χ1) is 14.4. The molecule has 4 amide bonds. The number of fused-ring (bicyclic) bond motifs is 1. The zero-order valence-corrected chi connectivity index (χ0v) is 17.7. The summed E-state index contributed by atoms with van der Waals surface area (Å²) in [4.78, 5) is 40.7. The molecule has 1 N–H and O–H groups in total. The summed E-state index contributed by atoms with van der Waals surface area (Å²) in [6.45, 7) is 4.11. The lowest BCUT2D eigenvalue weighted by Gasteiger charge is -2.39. The smallest absolute Gasteiger partial charge is 0.324 e. The maximum Gasteiger partial charge on any atom is 0.324 e. The van der Waals surface area contributed by atoms with Gasteiger partial charge in [0, 0.05) is 36.5 Å². The van der Waals surface area contributed by atoms with Crippen molar-refractivity contribution in [1.29, 1.82) is 0 Å². The van der Waals surface area contributed by atoms with Crippen LogP contribution < -0.4 is 10.1 Å². The molecule has 30 heavy (non-hydrogen) atoms. The van der Waals surface area contributed by atoms with Gasteiger partial charge in [-0.2, -0.15) is 0 Å². The van der Waals surface area contributed by atoms with E-state index in [0.29, 0.717) is 57.1 Å². The molecule has 1 unspecified atom stereocenters. The quantitative estimate of drug-likeness (QED) is 0.733. The van der Waals surface area contributed by atoms with E-state index in [9.17, 15) is 14.4 Å². The number of imide groups is 1. The molecule has 0 aromatic heterocycles. The molecule has 1 aromatic rings. The Bertz CT molecular complexity index is 855. The van der Waals surface area contributed by atoms with Crippen LogP contribution in [0.4, 0.5) is 4.79 Å². The number of urea groups is 1. The molecule has 1 spiro atoms. The Balaban J connectivity index is 1.55. The van der Waals surface area contributed by atoms with Crippen LogP contribution in [0.5, 0.6) is 5.75 Å². The monoisotopic (exact) mass is 435 g/mol. The Morgan fingerprint density at radius 3 is 2.80 bits per heavy atom. The minimum absolute atomic E-state index is 0.0761. The summed E-state index contributed by atoms with van der Waals surface area (Å²) in [6, 6.07) is 4.16. The Morgan fingerprint density at radius 1 is 1.30 bits per heavy atom. The average Bonchev–Trinajstić information content (AvgIpc) is 2.88. The number of hydrogen-bond acceptors (Lipinski definition) is 5. The molecule has 2 fully saturated rings. The summed E-state index contributed by atoms with van der Waals surface area (Å²) in [5.41, 5.74) is 0.290. The van der Waals surface area contributed by atoms with Crippen LogP contribution in [-0.2, 0) is 20.9 Å². The van der Waals surface area contributed by atoms with E-state index in [1.807, 2.05) is 13.0 Å². The Morgan fingerprint density at radius 2 is 2.07 bits per heavy atom. The highest BCUT2D eigenvalue weighted by Crippen LogP contribution is 2.36. The predicted octanol–water partition coefficient (Wildman–Crippen LogP) is 2.33. The van der Waals surface area contributed by atoms with Crippen molar-refractivity contribution in [3.63, 3.8) is 0 Å². The number of hydrogen-bond donors (Lipinski definition) is 1. The molecule has 3 aliphatic rings. The highest BCUT2D eigenvalue weighted by atomic mass is 35.5.